The third-order valence-electron chi connectivity index (χ3n) is 3.63. The fourth-order valence-electron chi connectivity index (χ4n) is 2.54. The first-order chi connectivity index (χ1) is 9.67. The highest BCUT2D eigenvalue weighted by molar-refractivity contribution is 5.35. The molecular weight excluding hydrogens is 248 g/mol. The Morgan fingerprint density at radius 1 is 1.05 bits per heavy atom. The lowest BCUT2D eigenvalue weighted by molar-refractivity contribution is 0.0674. The van der Waals surface area contributed by atoms with Gasteiger partial charge in [0.1, 0.15) is 6.10 Å². The Kier molecular flexibility index (Phi) is 4.90. The SMILES string of the molecule is COC(c1ccccc1)C(NN)c1cc(C)ccc1C. The number of hydrazine groups is 1. The molecule has 0 spiro atoms. The molecule has 0 aliphatic rings. The number of benzene rings is 2. The minimum atomic E-state index is -0.123. The van der Waals surface area contributed by atoms with Crippen molar-refractivity contribution in [3.8, 4) is 0 Å². The zero-order valence-corrected chi connectivity index (χ0v) is 12.3. The molecule has 3 heteroatoms. The Morgan fingerprint density at radius 2 is 1.75 bits per heavy atom. The van der Waals surface area contributed by atoms with Gasteiger partial charge in [-0.3, -0.25) is 5.84 Å². The smallest absolute Gasteiger partial charge is 0.103 e. The van der Waals surface area contributed by atoms with Gasteiger partial charge in [0.05, 0.1) is 6.04 Å². The van der Waals surface area contributed by atoms with Crippen LogP contribution in [0.1, 0.15) is 34.4 Å². The predicted molar refractivity (Wildman–Crippen MR) is 82.2 cm³/mol. The predicted octanol–water partition coefficient (Wildman–Crippen LogP) is 3.20. The van der Waals surface area contributed by atoms with Gasteiger partial charge in [0.15, 0.2) is 0 Å². The summed E-state index contributed by atoms with van der Waals surface area (Å²) in [5.74, 6) is 5.81. The fraction of sp³-hybridized carbons (Fsp3) is 0.294. The normalized spacial score (nSPS) is 14.0. The van der Waals surface area contributed by atoms with Crippen LogP contribution in [0.25, 0.3) is 0 Å². The molecule has 2 unspecified atom stereocenters. The van der Waals surface area contributed by atoms with Crippen LogP contribution in [0.3, 0.4) is 0 Å². The van der Waals surface area contributed by atoms with E-state index in [9.17, 15) is 0 Å². The minimum Gasteiger partial charge on any atom is -0.375 e. The number of hydrogen-bond acceptors (Lipinski definition) is 3. The molecule has 0 fully saturated rings. The highest BCUT2D eigenvalue weighted by atomic mass is 16.5. The molecule has 0 bridgehead atoms. The van der Waals surface area contributed by atoms with Gasteiger partial charge in [0, 0.05) is 7.11 Å². The van der Waals surface area contributed by atoms with Crippen molar-refractivity contribution in [2.24, 2.45) is 5.84 Å². The number of methoxy groups -OCH3 is 1. The van der Waals surface area contributed by atoms with E-state index in [4.69, 9.17) is 10.6 Å². The van der Waals surface area contributed by atoms with Gasteiger partial charge in [-0.15, -0.1) is 0 Å². The van der Waals surface area contributed by atoms with Gasteiger partial charge in [-0.25, -0.2) is 5.43 Å². The standard InChI is InChI=1S/C17H22N2O/c1-12-9-10-13(2)15(11-12)16(19-18)17(20-3)14-7-5-4-6-8-14/h4-11,16-17,19H,18H2,1-3H3. The Hall–Kier alpha value is -1.68. The third-order valence-corrected chi connectivity index (χ3v) is 3.63. The zero-order valence-electron chi connectivity index (χ0n) is 12.3. The molecule has 0 aliphatic heterocycles. The molecule has 2 rings (SSSR count). The molecule has 0 radical (unpaired) electrons. The molecule has 0 saturated carbocycles. The molecular formula is C17H22N2O. The first kappa shape index (κ1) is 14.7. The summed E-state index contributed by atoms with van der Waals surface area (Å²) >= 11 is 0. The number of ether oxygens (including phenoxy) is 1. The van der Waals surface area contributed by atoms with Gasteiger partial charge in [0.2, 0.25) is 0 Å². The molecule has 3 nitrogen and oxygen atoms in total. The first-order valence-corrected chi connectivity index (χ1v) is 6.78. The average Bonchev–Trinajstić information content (AvgIpc) is 2.48. The number of rotatable bonds is 5. The van der Waals surface area contributed by atoms with Crippen molar-refractivity contribution in [2.75, 3.05) is 7.11 Å². The van der Waals surface area contributed by atoms with Crippen molar-refractivity contribution < 1.29 is 4.74 Å². The average molecular weight is 270 g/mol. The molecule has 20 heavy (non-hydrogen) atoms. The maximum Gasteiger partial charge on any atom is 0.103 e. The van der Waals surface area contributed by atoms with E-state index in [1.165, 1.54) is 16.7 Å². The van der Waals surface area contributed by atoms with Crippen molar-refractivity contribution in [3.05, 3.63) is 70.8 Å². The van der Waals surface area contributed by atoms with E-state index in [2.05, 4.69) is 49.6 Å². The first-order valence-electron chi connectivity index (χ1n) is 6.78. The highest BCUT2D eigenvalue weighted by Gasteiger charge is 2.24. The van der Waals surface area contributed by atoms with Gasteiger partial charge in [-0.05, 0) is 30.5 Å². The summed E-state index contributed by atoms with van der Waals surface area (Å²) in [6.07, 6.45) is -0.123. The van der Waals surface area contributed by atoms with E-state index in [1.807, 2.05) is 18.2 Å². The van der Waals surface area contributed by atoms with Gasteiger partial charge in [0.25, 0.3) is 0 Å². The molecule has 2 atom stereocenters. The van der Waals surface area contributed by atoms with E-state index < -0.39 is 0 Å². The molecule has 0 amide bonds. The Labute approximate surface area is 120 Å². The molecule has 2 aromatic rings. The van der Waals surface area contributed by atoms with Crippen molar-refractivity contribution >= 4 is 0 Å². The minimum absolute atomic E-state index is 0.0812. The lowest BCUT2D eigenvalue weighted by Crippen LogP contribution is -2.34. The second-order valence-corrected chi connectivity index (χ2v) is 5.07. The Bertz CT molecular complexity index is 554. The molecule has 106 valence electrons. The highest BCUT2D eigenvalue weighted by Crippen LogP contribution is 2.33. The van der Waals surface area contributed by atoms with Gasteiger partial charge >= 0.3 is 0 Å². The van der Waals surface area contributed by atoms with Crippen molar-refractivity contribution in [2.45, 2.75) is 26.0 Å². The van der Waals surface area contributed by atoms with Crippen molar-refractivity contribution in [1.82, 2.24) is 5.43 Å². The molecule has 0 heterocycles. The monoisotopic (exact) mass is 270 g/mol. The van der Waals surface area contributed by atoms with Crippen LogP contribution in [0.2, 0.25) is 0 Å². The summed E-state index contributed by atoms with van der Waals surface area (Å²) in [5, 5.41) is 0. The van der Waals surface area contributed by atoms with E-state index in [-0.39, 0.29) is 12.1 Å². The van der Waals surface area contributed by atoms with Crippen LogP contribution in [-0.2, 0) is 4.74 Å². The summed E-state index contributed by atoms with van der Waals surface area (Å²) in [6, 6.07) is 16.4. The topological polar surface area (TPSA) is 47.3 Å². The van der Waals surface area contributed by atoms with Crippen molar-refractivity contribution in [3.63, 3.8) is 0 Å². The number of aryl methyl sites for hydroxylation is 2. The quantitative estimate of drug-likeness (QED) is 0.648. The molecule has 2 aromatic carbocycles. The van der Waals surface area contributed by atoms with E-state index >= 15 is 0 Å². The summed E-state index contributed by atoms with van der Waals surface area (Å²) < 4.78 is 5.70. The zero-order chi connectivity index (χ0) is 14.5. The van der Waals surface area contributed by atoms with Crippen LogP contribution in [0.4, 0.5) is 0 Å². The number of hydrogen-bond donors (Lipinski definition) is 2. The van der Waals surface area contributed by atoms with E-state index in [0.29, 0.717) is 0 Å². The Morgan fingerprint density at radius 3 is 2.35 bits per heavy atom. The van der Waals surface area contributed by atoms with Crippen LogP contribution in [0.5, 0.6) is 0 Å². The number of nitrogens with two attached hydrogens (primary N) is 1. The maximum absolute atomic E-state index is 5.81. The van der Waals surface area contributed by atoms with Gasteiger partial charge in [-0.2, -0.15) is 0 Å². The molecule has 0 aliphatic carbocycles. The van der Waals surface area contributed by atoms with E-state index in [1.54, 1.807) is 7.11 Å². The maximum atomic E-state index is 5.81. The van der Waals surface area contributed by atoms with Crippen LogP contribution in [0, 0.1) is 13.8 Å². The van der Waals surface area contributed by atoms with Crippen LogP contribution in [0.15, 0.2) is 48.5 Å². The van der Waals surface area contributed by atoms with E-state index in [0.717, 1.165) is 5.56 Å². The Balaban J connectivity index is 2.42. The van der Waals surface area contributed by atoms with Crippen LogP contribution < -0.4 is 11.3 Å². The molecule has 0 aromatic heterocycles. The molecule has 3 N–H and O–H groups in total. The van der Waals surface area contributed by atoms with Crippen molar-refractivity contribution in [1.29, 1.82) is 0 Å². The largest absolute Gasteiger partial charge is 0.375 e. The molecule has 0 saturated heterocycles. The lowest BCUT2D eigenvalue weighted by Gasteiger charge is -2.27. The van der Waals surface area contributed by atoms with Crippen LogP contribution >= 0.6 is 0 Å². The fourth-order valence-corrected chi connectivity index (χ4v) is 2.54. The van der Waals surface area contributed by atoms with Gasteiger partial charge in [-0.1, -0.05) is 54.1 Å². The number of nitrogens with one attached hydrogen (secondary N) is 1. The second-order valence-electron chi connectivity index (χ2n) is 5.07. The second kappa shape index (κ2) is 6.66. The lowest BCUT2D eigenvalue weighted by atomic mass is 9.92. The summed E-state index contributed by atoms with van der Waals surface area (Å²) in [6.45, 7) is 4.18. The summed E-state index contributed by atoms with van der Waals surface area (Å²) in [5.41, 5.74) is 7.61. The third kappa shape index (κ3) is 3.07. The van der Waals surface area contributed by atoms with Crippen LogP contribution in [-0.4, -0.2) is 7.11 Å². The summed E-state index contributed by atoms with van der Waals surface area (Å²) in [7, 11) is 1.72. The van der Waals surface area contributed by atoms with Gasteiger partial charge < -0.3 is 4.74 Å². The summed E-state index contributed by atoms with van der Waals surface area (Å²) in [4.78, 5) is 0.